The normalized spacial score (nSPS) is 11.8. The van der Waals surface area contributed by atoms with Crippen molar-refractivity contribution in [2.45, 2.75) is 11.5 Å². The third-order valence-electron chi connectivity index (χ3n) is 3.61. The third-order valence-corrected chi connectivity index (χ3v) is 5.01. The second kappa shape index (κ2) is 7.17. The van der Waals surface area contributed by atoms with Crippen LogP contribution >= 0.6 is 23.2 Å². The summed E-state index contributed by atoms with van der Waals surface area (Å²) in [6.07, 6.45) is 0. The number of nitrogens with two attached hydrogens (primary N) is 1. The van der Waals surface area contributed by atoms with Crippen LogP contribution < -0.4 is 5.14 Å². The average molecular weight is 435 g/mol. The fourth-order valence-corrected chi connectivity index (χ4v) is 3.78. The fraction of sp³-hybridized carbons (Fsp3) is 0.0625. The summed E-state index contributed by atoms with van der Waals surface area (Å²) in [7, 11) is -4.61. The molecule has 1 heterocycles. The van der Waals surface area contributed by atoms with E-state index in [1.165, 1.54) is 18.2 Å². The van der Waals surface area contributed by atoms with E-state index in [0.717, 1.165) is 12.1 Å². The zero-order valence-electron chi connectivity index (χ0n) is 13.2. The van der Waals surface area contributed by atoms with E-state index in [4.69, 9.17) is 32.9 Å². The van der Waals surface area contributed by atoms with Crippen molar-refractivity contribution >= 4 is 33.2 Å². The average Bonchev–Trinajstić information content (AvgIpc) is 2.95. The highest BCUT2D eigenvalue weighted by Gasteiger charge is 2.25. The van der Waals surface area contributed by atoms with E-state index in [2.05, 4.69) is 5.16 Å². The van der Waals surface area contributed by atoms with Crippen molar-refractivity contribution in [3.63, 3.8) is 0 Å². The number of hydrogen-bond donors (Lipinski definition) is 2. The molecule has 6 nitrogen and oxygen atoms in total. The van der Waals surface area contributed by atoms with Crippen LogP contribution in [0.1, 0.15) is 5.76 Å². The lowest BCUT2D eigenvalue weighted by Crippen LogP contribution is -2.16. The Morgan fingerprint density at radius 2 is 1.59 bits per heavy atom. The van der Waals surface area contributed by atoms with Gasteiger partial charge in [0, 0.05) is 15.6 Å². The largest absolute Gasteiger partial charge is 0.388 e. The summed E-state index contributed by atoms with van der Waals surface area (Å²) < 4.78 is 56.2. The molecule has 0 spiro atoms. The van der Waals surface area contributed by atoms with Gasteiger partial charge in [-0.05, 0) is 35.9 Å². The van der Waals surface area contributed by atoms with Crippen LogP contribution in [-0.4, -0.2) is 18.7 Å². The van der Waals surface area contributed by atoms with E-state index < -0.39 is 33.2 Å². The lowest BCUT2D eigenvalue weighted by molar-refractivity contribution is 0.230. The summed E-state index contributed by atoms with van der Waals surface area (Å²) in [4.78, 5) is -1.26. The van der Waals surface area contributed by atoms with Gasteiger partial charge in [-0.2, -0.15) is 0 Å². The number of sulfonamides is 1. The molecule has 142 valence electrons. The van der Waals surface area contributed by atoms with Crippen LogP contribution in [0.25, 0.3) is 22.4 Å². The topological polar surface area (TPSA) is 106 Å². The van der Waals surface area contributed by atoms with E-state index in [1.807, 2.05) is 0 Å². The maximum Gasteiger partial charge on any atom is 0.243 e. The molecule has 2 aromatic carbocycles. The second-order valence-electron chi connectivity index (χ2n) is 5.46. The molecule has 3 rings (SSSR count). The standard InChI is InChI=1S/C16H10Cl2F2N2O4S/c17-9-1-8(2-10(18)5-9)15-14(13(6-23)26-22-15)7-3-11(19)16(12(20)4-7)27(21,24)25/h1-5,23H,6H2,(H2,21,24,25). The molecule has 0 unspecified atom stereocenters. The number of benzene rings is 2. The van der Waals surface area contributed by atoms with Crippen molar-refractivity contribution in [2.75, 3.05) is 0 Å². The second-order valence-corrected chi connectivity index (χ2v) is 7.83. The first-order valence-corrected chi connectivity index (χ1v) is 9.50. The van der Waals surface area contributed by atoms with Gasteiger partial charge in [0.1, 0.15) is 23.9 Å². The minimum Gasteiger partial charge on any atom is -0.388 e. The number of aliphatic hydroxyl groups excluding tert-OH is 1. The number of nitrogens with zero attached hydrogens (tertiary/aromatic N) is 1. The molecule has 11 heteroatoms. The third kappa shape index (κ3) is 3.83. The molecule has 0 fully saturated rings. The number of aliphatic hydroxyl groups is 1. The summed E-state index contributed by atoms with van der Waals surface area (Å²) in [6.45, 7) is -0.628. The van der Waals surface area contributed by atoms with Gasteiger partial charge in [0.25, 0.3) is 0 Å². The summed E-state index contributed by atoms with van der Waals surface area (Å²) >= 11 is 11.9. The van der Waals surface area contributed by atoms with Crippen molar-refractivity contribution in [3.05, 3.63) is 57.8 Å². The van der Waals surface area contributed by atoms with Crippen LogP contribution in [0.5, 0.6) is 0 Å². The summed E-state index contributed by atoms with van der Waals surface area (Å²) in [6, 6.07) is 5.95. The Kier molecular flexibility index (Phi) is 5.24. The summed E-state index contributed by atoms with van der Waals surface area (Å²) in [5.74, 6) is -2.89. The smallest absolute Gasteiger partial charge is 0.243 e. The van der Waals surface area contributed by atoms with Gasteiger partial charge >= 0.3 is 0 Å². The lowest BCUT2D eigenvalue weighted by Gasteiger charge is -2.08. The molecule has 0 bridgehead atoms. The molecule has 0 aliphatic carbocycles. The molecular formula is C16H10Cl2F2N2O4S. The Morgan fingerprint density at radius 1 is 1.04 bits per heavy atom. The Labute approximate surface area is 162 Å². The number of aromatic nitrogens is 1. The number of halogens is 4. The zero-order valence-corrected chi connectivity index (χ0v) is 15.5. The van der Waals surface area contributed by atoms with E-state index >= 15 is 0 Å². The number of primary sulfonamides is 1. The predicted octanol–water partition coefficient (Wildman–Crippen LogP) is 3.73. The van der Waals surface area contributed by atoms with E-state index in [0.29, 0.717) is 5.56 Å². The van der Waals surface area contributed by atoms with Crippen LogP contribution in [0, 0.1) is 11.6 Å². The zero-order chi connectivity index (χ0) is 19.9. The maximum atomic E-state index is 14.2. The first kappa shape index (κ1) is 19.7. The minimum atomic E-state index is -4.61. The van der Waals surface area contributed by atoms with Gasteiger partial charge in [0.2, 0.25) is 10.0 Å². The highest BCUT2D eigenvalue weighted by atomic mass is 35.5. The molecule has 0 aliphatic heterocycles. The van der Waals surface area contributed by atoms with Gasteiger partial charge in [-0.25, -0.2) is 22.3 Å². The van der Waals surface area contributed by atoms with Crippen LogP contribution in [0.3, 0.4) is 0 Å². The Morgan fingerprint density at radius 3 is 2.07 bits per heavy atom. The van der Waals surface area contributed by atoms with Crippen LogP contribution in [0.4, 0.5) is 8.78 Å². The quantitative estimate of drug-likeness (QED) is 0.650. The van der Waals surface area contributed by atoms with Crippen molar-refractivity contribution in [3.8, 4) is 22.4 Å². The molecular weight excluding hydrogens is 425 g/mol. The van der Waals surface area contributed by atoms with Gasteiger partial charge in [-0.1, -0.05) is 28.4 Å². The lowest BCUT2D eigenvalue weighted by atomic mass is 9.99. The Hall–Kier alpha value is -2.04. The van der Waals surface area contributed by atoms with Gasteiger partial charge in [-0.3, -0.25) is 0 Å². The van der Waals surface area contributed by atoms with Crippen LogP contribution in [0.2, 0.25) is 10.0 Å². The molecule has 3 N–H and O–H groups in total. The number of rotatable bonds is 4. The first-order valence-electron chi connectivity index (χ1n) is 7.20. The Bertz CT molecular complexity index is 1110. The van der Waals surface area contributed by atoms with Crippen LogP contribution in [-0.2, 0) is 16.6 Å². The minimum absolute atomic E-state index is 0.0506. The predicted molar refractivity (Wildman–Crippen MR) is 94.6 cm³/mol. The Balaban J connectivity index is 2.28. The molecule has 0 aliphatic rings. The summed E-state index contributed by atoms with van der Waals surface area (Å²) in [5, 5.41) is 18.7. The summed E-state index contributed by atoms with van der Waals surface area (Å²) in [5.41, 5.74) is 0.399. The van der Waals surface area contributed by atoms with Crippen molar-refractivity contribution < 1.29 is 26.8 Å². The van der Waals surface area contributed by atoms with E-state index in [1.54, 1.807) is 0 Å². The molecule has 0 saturated carbocycles. The van der Waals surface area contributed by atoms with Crippen molar-refractivity contribution in [2.24, 2.45) is 5.14 Å². The molecule has 27 heavy (non-hydrogen) atoms. The maximum absolute atomic E-state index is 14.2. The SMILES string of the molecule is NS(=O)(=O)c1c(F)cc(-c2c(-c3cc(Cl)cc(Cl)c3)noc2CO)cc1F. The first-order chi connectivity index (χ1) is 12.6. The molecule has 3 aromatic rings. The number of hydrogen-bond acceptors (Lipinski definition) is 5. The van der Waals surface area contributed by atoms with Gasteiger partial charge in [-0.15, -0.1) is 0 Å². The molecule has 0 radical (unpaired) electrons. The highest BCUT2D eigenvalue weighted by Crippen LogP contribution is 2.38. The van der Waals surface area contributed by atoms with E-state index in [-0.39, 0.29) is 32.6 Å². The molecule has 0 amide bonds. The van der Waals surface area contributed by atoms with Gasteiger partial charge in [0.05, 0.1) is 5.56 Å². The molecule has 0 atom stereocenters. The van der Waals surface area contributed by atoms with Crippen molar-refractivity contribution in [1.29, 1.82) is 0 Å². The van der Waals surface area contributed by atoms with Crippen LogP contribution in [0.15, 0.2) is 39.8 Å². The van der Waals surface area contributed by atoms with Crippen molar-refractivity contribution in [1.82, 2.24) is 5.16 Å². The monoisotopic (exact) mass is 434 g/mol. The van der Waals surface area contributed by atoms with Gasteiger partial charge in [0.15, 0.2) is 10.7 Å². The molecule has 0 saturated heterocycles. The van der Waals surface area contributed by atoms with E-state index in [9.17, 15) is 22.3 Å². The fourth-order valence-electron chi connectivity index (χ4n) is 2.59. The highest BCUT2D eigenvalue weighted by molar-refractivity contribution is 7.89. The molecule has 1 aromatic heterocycles. The van der Waals surface area contributed by atoms with Gasteiger partial charge < -0.3 is 9.63 Å².